The second kappa shape index (κ2) is 4.22. The van der Waals surface area contributed by atoms with Crippen molar-refractivity contribution >= 4 is 15.9 Å². The zero-order valence-electron chi connectivity index (χ0n) is 8.76. The molecule has 1 aliphatic rings. The summed E-state index contributed by atoms with van der Waals surface area (Å²) in [6.45, 7) is 1.63. The Morgan fingerprint density at radius 1 is 1.53 bits per heavy atom. The van der Waals surface area contributed by atoms with Crippen LogP contribution in [-0.2, 0) is 12.7 Å². The van der Waals surface area contributed by atoms with Crippen LogP contribution in [0.3, 0.4) is 0 Å². The van der Waals surface area contributed by atoms with E-state index in [2.05, 4.69) is 26.3 Å². The van der Waals surface area contributed by atoms with Gasteiger partial charge in [0.2, 0.25) is 0 Å². The van der Waals surface area contributed by atoms with Gasteiger partial charge in [-0.1, -0.05) is 0 Å². The highest BCUT2D eigenvalue weighted by Crippen LogP contribution is 2.38. The van der Waals surface area contributed by atoms with Crippen molar-refractivity contribution in [2.75, 3.05) is 13.1 Å². The number of aryl methyl sites for hydroxylation is 1. The van der Waals surface area contributed by atoms with Gasteiger partial charge in [0.1, 0.15) is 0 Å². The van der Waals surface area contributed by atoms with Gasteiger partial charge in [0.15, 0.2) is 5.67 Å². The number of nitrogens with one attached hydrogen (secondary N) is 1. The van der Waals surface area contributed by atoms with E-state index in [1.807, 2.05) is 0 Å². The molecule has 3 nitrogen and oxygen atoms in total. The number of hydrogen-bond donors (Lipinski definition) is 1. The van der Waals surface area contributed by atoms with Gasteiger partial charge in [-0.05, 0) is 48.3 Å². The second-order valence-corrected chi connectivity index (χ2v) is 4.89. The number of rotatable bonds is 1. The molecule has 15 heavy (non-hydrogen) atoms. The van der Waals surface area contributed by atoms with Crippen LogP contribution in [0, 0.1) is 0 Å². The van der Waals surface area contributed by atoms with Crippen molar-refractivity contribution in [3.63, 3.8) is 0 Å². The molecule has 1 unspecified atom stereocenters. The lowest BCUT2D eigenvalue weighted by molar-refractivity contribution is 0.132. The van der Waals surface area contributed by atoms with E-state index in [-0.39, 0.29) is 0 Å². The average Bonchev–Trinajstić information content (AvgIpc) is 2.40. The van der Waals surface area contributed by atoms with Crippen LogP contribution in [0.4, 0.5) is 4.39 Å². The number of aromatic nitrogens is 2. The Labute approximate surface area is 97.2 Å². The molecular formula is C10H15BrFN3. The van der Waals surface area contributed by atoms with Crippen molar-refractivity contribution in [3.05, 3.63) is 16.4 Å². The smallest absolute Gasteiger partial charge is 0.154 e. The van der Waals surface area contributed by atoms with Crippen molar-refractivity contribution in [2.24, 2.45) is 7.05 Å². The molecule has 1 aromatic rings. The highest BCUT2D eigenvalue weighted by Gasteiger charge is 2.37. The first-order valence-corrected chi connectivity index (χ1v) is 6.00. The van der Waals surface area contributed by atoms with E-state index in [0.717, 1.165) is 24.0 Å². The second-order valence-electron chi connectivity index (χ2n) is 4.03. The summed E-state index contributed by atoms with van der Waals surface area (Å²) >= 11 is 3.37. The molecule has 1 aromatic heterocycles. The van der Waals surface area contributed by atoms with Crippen molar-refractivity contribution in [2.45, 2.75) is 24.9 Å². The van der Waals surface area contributed by atoms with Crippen molar-refractivity contribution in [3.8, 4) is 0 Å². The summed E-state index contributed by atoms with van der Waals surface area (Å²) < 4.78 is 17.2. The van der Waals surface area contributed by atoms with E-state index in [0.29, 0.717) is 18.5 Å². The summed E-state index contributed by atoms with van der Waals surface area (Å²) in [6, 6.07) is 0. The molecule has 2 rings (SSSR count). The molecule has 0 radical (unpaired) electrons. The molecule has 0 spiro atoms. The maximum atomic E-state index is 14.8. The van der Waals surface area contributed by atoms with Crippen LogP contribution in [-0.4, -0.2) is 22.9 Å². The van der Waals surface area contributed by atoms with E-state index in [4.69, 9.17) is 0 Å². The number of halogens is 2. The summed E-state index contributed by atoms with van der Waals surface area (Å²) in [4.78, 5) is 0. The van der Waals surface area contributed by atoms with E-state index in [1.165, 1.54) is 0 Å². The third kappa shape index (κ3) is 2.08. The maximum absolute atomic E-state index is 14.8. The Kier molecular flexibility index (Phi) is 3.11. The fraction of sp³-hybridized carbons (Fsp3) is 0.700. The number of hydrogen-bond acceptors (Lipinski definition) is 2. The molecule has 0 amide bonds. The molecule has 5 heteroatoms. The van der Waals surface area contributed by atoms with Gasteiger partial charge in [-0.2, -0.15) is 5.10 Å². The van der Waals surface area contributed by atoms with Crippen LogP contribution in [0.1, 0.15) is 25.0 Å². The predicted octanol–water partition coefficient (Wildman–Crippen LogP) is 2.12. The first-order valence-electron chi connectivity index (χ1n) is 5.21. The zero-order chi connectivity index (χ0) is 10.9. The van der Waals surface area contributed by atoms with Gasteiger partial charge in [-0.25, -0.2) is 4.39 Å². The van der Waals surface area contributed by atoms with Gasteiger partial charge in [-0.15, -0.1) is 0 Å². The van der Waals surface area contributed by atoms with Gasteiger partial charge >= 0.3 is 0 Å². The summed E-state index contributed by atoms with van der Waals surface area (Å²) in [5.41, 5.74) is -0.570. The minimum Gasteiger partial charge on any atom is -0.317 e. The topological polar surface area (TPSA) is 29.9 Å². The van der Waals surface area contributed by atoms with Gasteiger partial charge in [0.25, 0.3) is 0 Å². The highest BCUT2D eigenvalue weighted by molar-refractivity contribution is 9.10. The molecule has 0 aliphatic carbocycles. The summed E-state index contributed by atoms with van der Waals surface area (Å²) in [5, 5.41) is 7.29. The van der Waals surface area contributed by atoms with Crippen molar-refractivity contribution in [1.29, 1.82) is 0 Å². The summed E-state index contributed by atoms with van der Waals surface area (Å²) in [6.07, 6.45) is 3.62. The van der Waals surface area contributed by atoms with Crippen LogP contribution in [0.5, 0.6) is 0 Å². The molecule has 2 heterocycles. The Morgan fingerprint density at radius 2 is 2.33 bits per heavy atom. The van der Waals surface area contributed by atoms with E-state index in [9.17, 15) is 4.39 Å². The third-order valence-corrected chi connectivity index (χ3v) is 3.52. The van der Waals surface area contributed by atoms with Crippen LogP contribution in [0.15, 0.2) is 10.7 Å². The van der Waals surface area contributed by atoms with Gasteiger partial charge in [0, 0.05) is 7.05 Å². The minimum absolute atomic E-state index is 0.519. The Balaban J connectivity index is 2.34. The van der Waals surface area contributed by atoms with Crippen molar-refractivity contribution < 1.29 is 4.39 Å². The quantitative estimate of drug-likeness (QED) is 0.851. The largest absolute Gasteiger partial charge is 0.317 e. The lowest BCUT2D eigenvalue weighted by atomic mass is 9.93. The monoisotopic (exact) mass is 275 g/mol. The predicted molar refractivity (Wildman–Crippen MR) is 60.4 cm³/mol. The fourth-order valence-electron chi connectivity index (χ4n) is 2.18. The molecule has 1 atom stereocenters. The minimum atomic E-state index is -1.24. The molecule has 0 bridgehead atoms. The molecule has 1 fully saturated rings. The van der Waals surface area contributed by atoms with Crippen LogP contribution < -0.4 is 5.32 Å². The standard InChI is InChI=1S/C10H15BrFN3/c1-15-9(8(11)7-14-15)10(12)3-2-5-13-6-4-10/h7,13H,2-6H2,1H3. The van der Waals surface area contributed by atoms with E-state index < -0.39 is 5.67 Å². The lowest BCUT2D eigenvalue weighted by Crippen LogP contribution is -2.25. The molecule has 84 valence electrons. The first-order chi connectivity index (χ1) is 7.13. The summed E-state index contributed by atoms with van der Waals surface area (Å²) in [7, 11) is 1.79. The van der Waals surface area contributed by atoms with Crippen LogP contribution in [0.25, 0.3) is 0 Å². The normalized spacial score (nSPS) is 27.7. The Morgan fingerprint density at radius 3 is 3.00 bits per heavy atom. The van der Waals surface area contributed by atoms with E-state index in [1.54, 1.807) is 17.9 Å². The first kappa shape index (κ1) is 11.1. The van der Waals surface area contributed by atoms with Gasteiger partial charge in [0.05, 0.1) is 16.4 Å². The molecule has 1 aliphatic heterocycles. The molecule has 0 aromatic carbocycles. The SMILES string of the molecule is Cn1ncc(Br)c1C1(F)CCCNCC1. The zero-order valence-corrected chi connectivity index (χ0v) is 10.3. The van der Waals surface area contributed by atoms with Gasteiger partial charge in [-0.3, -0.25) is 4.68 Å². The number of alkyl halides is 1. The summed E-state index contributed by atoms with van der Waals surface area (Å²) in [5.74, 6) is 0. The fourth-order valence-corrected chi connectivity index (χ4v) is 2.89. The van der Waals surface area contributed by atoms with Crippen molar-refractivity contribution in [1.82, 2.24) is 15.1 Å². The van der Waals surface area contributed by atoms with E-state index >= 15 is 0 Å². The maximum Gasteiger partial charge on any atom is 0.154 e. The lowest BCUT2D eigenvalue weighted by Gasteiger charge is -2.24. The highest BCUT2D eigenvalue weighted by atomic mass is 79.9. The average molecular weight is 276 g/mol. The molecule has 1 saturated heterocycles. The Hall–Kier alpha value is -0.420. The molecule has 0 saturated carbocycles. The van der Waals surface area contributed by atoms with Gasteiger partial charge < -0.3 is 5.32 Å². The number of nitrogens with zero attached hydrogens (tertiary/aromatic N) is 2. The molecule has 1 N–H and O–H groups in total. The Bertz CT molecular complexity index is 323. The van der Waals surface area contributed by atoms with Crippen LogP contribution >= 0.6 is 15.9 Å². The third-order valence-electron chi connectivity index (χ3n) is 2.94. The van der Waals surface area contributed by atoms with Crippen LogP contribution in [0.2, 0.25) is 0 Å². The molecular weight excluding hydrogens is 261 g/mol.